The van der Waals surface area contributed by atoms with Crippen LogP contribution in [0.15, 0.2) is 0 Å². The van der Waals surface area contributed by atoms with Crippen molar-refractivity contribution in [3.63, 3.8) is 0 Å². The Morgan fingerprint density at radius 1 is 1.38 bits per heavy atom. The molecule has 0 bridgehead atoms. The maximum atomic E-state index is 11.1. The van der Waals surface area contributed by atoms with Gasteiger partial charge >= 0.3 is 0 Å². The van der Waals surface area contributed by atoms with Crippen LogP contribution in [-0.4, -0.2) is 36.9 Å². The zero-order chi connectivity index (χ0) is 10.1. The van der Waals surface area contributed by atoms with E-state index in [0.29, 0.717) is 13.1 Å². The fourth-order valence-electron chi connectivity index (χ4n) is 0.961. The quantitative estimate of drug-likeness (QED) is 0.584. The van der Waals surface area contributed by atoms with Gasteiger partial charge in [-0.05, 0) is 12.8 Å². The highest BCUT2D eigenvalue weighted by atomic mass is 16.2. The standard InChI is InChI=1S/C9H18N2O2/c1-3-5-10-9(13)7-11(8-12)6-4-2/h8H,3-7H2,1-2H3,(H,10,13). The smallest absolute Gasteiger partial charge is 0.239 e. The fraction of sp³-hybridized carbons (Fsp3) is 0.778. The summed E-state index contributed by atoms with van der Waals surface area (Å²) in [5.41, 5.74) is 0. The van der Waals surface area contributed by atoms with Gasteiger partial charge in [0.1, 0.15) is 0 Å². The Labute approximate surface area is 79.3 Å². The molecule has 0 unspecified atom stereocenters. The molecule has 0 rings (SSSR count). The van der Waals surface area contributed by atoms with Crippen LogP contribution in [0.4, 0.5) is 0 Å². The Balaban J connectivity index is 3.66. The van der Waals surface area contributed by atoms with Crippen LogP contribution in [0, 0.1) is 0 Å². The van der Waals surface area contributed by atoms with E-state index in [4.69, 9.17) is 0 Å². The van der Waals surface area contributed by atoms with E-state index in [2.05, 4.69) is 5.32 Å². The molecule has 0 saturated carbocycles. The lowest BCUT2D eigenvalue weighted by Gasteiger charge is -2.15. The van der Waals surface area contributed by atoms with E-state index in [-0.39, 0.29) is 12.5 Å². The average Bonchev–Trinajstić information content (AvgIpc) is 2.14. The molecule has 4 nitrogen and oxygen atoms in total. The van der Waals surface area contributed by atoms with Crippen molar-refractivity contribution in [2.75, 3.05) is 19.6 Å². The van der Waals surface area contributed by atoms with Crippen molar-refractivity contribution >= 4 is 12.3 Å². The van der Waals surface area contributed by atoms with Crippen LogP contribution in [0.25, 0.3) is 0 Å². The van der Waals surface area contributed by atoms with Crippen molar-refractivity contribution in [3.8, 4) is 0 Å². The number of rotatable bonds is 7. The molecule has 4 heteroatoms. The van der Waals surface area contributed by atoms with E-state index in [9.17, 15) is 9.59 Å². The van der Waals surface area contributed by atoms with Gasteiger partial charge in [-0.15, -0.1) is 0 Å². The lowest BCUT2D eigenvalue weighted by Crippen LogP contribution is -2.37. The van der Waals surface area contributed by atoms with Crippen LogP contribution in [0.1, 0.15) is 26.7 Å². The van der Waals surface area contributed by atoms with Crippen LogP contribution in [0.5, 0.6) is 0 Å². The van der Waals surface area contributed by atoms with Crippen molar-refractivity contribution in [2.45, 2.75) is 26.7 Å². The van der Waals surface area contributed by atoms with Gasteiger partial charge in [0.25, 0.3) is 0 Å². The van der Waals surface area contributed by atoms with Gasteiger partial charge in [0, 0.05) is 13.1 Å². The van der Waals surface area contributed by atoms with Crippen molar-refractivity contribution in [1.29, 1.82) is 0 Å². The molecule has 0 saturated heterocycles. The molecule has 0 aliphatic heterocycles. The molecule has 0 spiro atoms. The molecule has 76 valence electrons. The predicted molar refractivity (Wildman–Crippen MR) is 51.2 cm³/mol. The molecule has 0 atom stereocenters. The van der Waals surface area contributed by atoms with Crippen molar-refractivity contribution in [2.24, 2.45) is 0 Å². The van der Waals surface area contributed by atoms with Gasteiger partial charge in [-0.3, -0.25) is 9.59 Å². The minimum Gasteiger partial charge on any atom is -0.355 e. The zero-order valence-corrected chi connectivity index (χ0v) is 8.38. The summed E-state index contributed by atoms with van der Waals surface area (Å²) in [7, 11) is 0. The zero-order valence-electron chi connectivity index (χ0n) is 8.38. The molecule has 0 heterocycles. The van der Waals surface area contributed by atoms with Gasteiger partial charge in [-0.1, -0.05) is 13.8 Å². The fourth-order valence-corrected chi connectivity index (χ4v) is 0.961. The Hall–Kier alpha value is -1.06. The summed E-state index contributed by atoms with van der Waals surface area (Å²) in [5.74, 6) is -0.0811. The number of nitrogens with one attached hydrogen (secondary N) is 1. The average molecular weight is 186 g/mol. The van der Waals surface area contributed by atoms with Gasteiger partial charge in [0.2, 0.25) is 12.3 Å². The normalized spacial score (nSPS) is 9.38. The molecular formula is C9H18N2O2. The van der Waals surface area contributed by atoms with Crippen LogP contribution < -0.4 is 5.32 Å². The third kappa shape index (κ3) is 6.13. The molecule has 0 aliphatic carbocycles. The summed E-state index contributed by atoms with van der Waals surface area (Å²) >= 11 is 0. The van der Waals surface area contributed by atoms with Crippen LogP contribution in [0.2, 0.25) is 0 Å². The van der Waals surface area contributed by atoms with Crippen LogP contribution in [-0.2, 0) is 9.59 Å². The lowest BCUT2D eigenvalue weighted by atomic mass is 10.4. The first-order chi connectivity index (χ1) is 6.24. The van der Waals surface area contributed by atoms with Crippen molar-refractivity contribution in [1.82, 2.24) is 10.2 Å². The Bertz CT molecular complexity index is 160. The molecule has 0 aromatic carbocycles. The molecular weight excluding hydrogens is 168 g/mol. The first-order valence-electron chi connectivity index (χ1n) is 4.70. The van der Waals surface area contributed by atoms with E-state index >= 15 is 0 Å². The Morgan fingerprint density at radius 3 is 2.54 bits per heavy atom. The largest absolute Gasteiger partial charge is 0.355 e. The maximum Gasteiger partial charge on any atom is 0.239 e. The van der Waals surface area contributed by atoms with E-state index in [1.807, 2.05) is 13.8 Å². The summed E-state index contributed by atoms with van der Waals surface area (Å²) in [6, 6.07) is 0. The highest BCUT2D eigenvalue weighted by Gasteiger charge is 2.05. The molecule has 2 amide bonds. The van der Waals surface area contributed by atoms with Gasteiger partial charge in [0.05, 0.1) is 6.54 Å². The topological polar surface area (TPSA) is 49.4 Å². The Kier molecular flexibility index (Phi) is 6.96. The lowest BCUT2D eigenvalue weighted by molar-refractivity contribution is -0.128. The Morgan fingerprint density at radius 2 is 2.08 bits per heavy atom. The second-order valence-corrected chi connectivity index (χ2v) is 2.93. The number of hydrogen-bond acceptors (Lipinski definition) is 2. The molecule has 13 heavy (non-hydrogen) atoms. The van der Waals surface area contributed by atoms with Gasteiger partial charge < -0.3 is 10.2 Å². The van der Waals surface area contributed by atoms with Gasteiger partial charge in [0.15, 0.2) is 0 Å². The minimum absolute atomic E-state index is 0.0811. The van der Waals surface area contributed by atoms with Crippen LogP contribution in [0.3, 0.4) is 0 Å². The monoisotopic (exact) mass is 186 g/mol. The van der Waals surface area contributed by atoms with Crippen LogP contribution >= 0.6 is 0 Å². The molecule has 0 aromatic rings. The molecule has 0 fully saturated rings. The highest BCUT2D eigenvalue weighted by Crippen LogP contribution is 1.86. The molecule has 0 aliphatic rings. The predicted octanol–water partition coefficient (Wildman–Crippen LogP) is 0.381. The second-order valence-electron chi connectivity index (χ2n) is 2.93. The van der Waals surface area contributed by atoms with Crippen molar-refractivity contribution in [3.05, 3.63) is 0 Å². The summed E-state index contributed by atoms with van der Waals surface area (Å²) < 4.78 is 0. The van der Waals surface area contributed by atoms with Gasteiger partial charge in [-0.25, -0.2) is 0 Å². The maximum absolute atomic E-state index is 11.1. The first-order valence-corrected chi connectivity index (χ1v) is 4.70. The summed E-state index contributed by atoms with van der Waals surface area (Å²) in [6.45, 7) is 5.46. The SMILES string of the molecule is CCCNC(=O)CN(C=O)CCC. The van der Waals surface area contributed by atoms with E-state index < -0.39 is 0 Å². The molecule has 0 radical (unpaired) electrons. The summed E-state index contributed by atoms with van der Waals surface area (Å²) in [5, 5.41) is 2.72. The third-order valence-electron chi connectivity index (χ3n) is 1.58. The van der Waals surface area contributed by atoms with E-state index in [1.165, 1.54) is 4.90 Å². The van der Waals surface area contributed by atoms with Crippen molar-refractivity contribution < 1.29 is 9.59 Å². The molecule has 1 N–H and O–H groups in total. The summed E-state index contributed by atoms with van der Waals surface area (Å²) in [6.07, 6.45) is 2.51. The first kappa shape index (κ1) is 11.9. The number of hydrogen-bond donors (Lipinski definition) is 1. The van der Waals surface area contributed by atoms with E-state index in [0.717, 1.165) is 19.3 Å². The minimum atomic E-state index is -0.0811. The number of nitrogens with zero attached hydrogens (tertiary/aromatic N) is 1. The summed E-state index contributed by atoms with van der Waals surface area (Å²) in [4.78, 5) is 23.1. The number of carbonyl (C=O) groups is 2. The third-order valence-corrected chi connectivity index (χ3v) is 1.58. The van der Waals surface area contributed by atoms with Gasteiger partial charge in [-0.2, -0.15) is 0 Å². The molecule has 0 aromatic heterocycles. The number of carbonyl (C=O) groups excluding carboxylic acids is 2. The number of amides is 2. The second kappa shape index (κ2) is 7.58. The van der Waals surface area contributed by atoms with E-state index in [1.54, 1.807) is 0 Å². The highest BCUT2D eigenvalue weighted by molar-refractivity contribution is 5.79.